The Labute approximate surface area is 208 Å². The number of hydrogen-bond acceptors (Lipinski definition) is 2. The van der Waals surface area contributed by atoms with Crippen LogP contribution in [0.25, 0.3) is 6.08 Å². The molecule has 1 aromatic heterocycles. The van der Waals surface area contributed by atoms with Gasteiger partial charge in [0, 0.05) is 43.4 Å². The highest BCUT2D eigenvalue weighted by atomic mass is 19.1. The first kappa shape index (κ1) is 24.1. The van der Waals surface area contributed by atoms with Crippen LogP contribution in [0.2, 0.25) is 0 Å². The lowest BCUT2D eigenvalue weighted by molar-refractivity contribution is -0.118. The molecule has 6 rings (SSSR count). The van der Waals surface area contributed by atoms with Gasteiger partial charge in [-0.05, 0) is 85.5 Å². The summed E-state index contributed by atoms with van der Waals surface area (Å²) in [7, 11) is 0. The molecule has 0 unspecified atom stereocenters. The average Bonchev–Trinajstić information content (AvgIpc) is 3.41. The molecule has 4 nitrogen and oxygen atoms in total. The van der Waals surface area contributed by atoms with Crippen molar-refractivity contribution < 1.29 is 9.18 Å². The third-order valence-corrected chi connectivity index (χ3v) is 7.77. The molecule has 1 aliphatic carbocycles. The zero-order valence-corrected chi connectivity index (χ0v) is 21.2. The van der Waals surface area contributed by atoms with Gasteiger partial charge in [0.05, 0.1) is 5.69 Å². The van der Waals surface area contributed by atoms with Gasteiger partial charge in [0.15, 0.2) is 0 Å². The molecule has 1 N–H and O–H groups in total. The first-order valence-electron chi connectivity index (χ1n) is 13.5. The lowest BCUT2D eigenvalue weighted by Crippen LogP contribution is -2.34. The number of amides is 1. The number of aromatic nitrogens is 1. The standard InChI is InChI=1S/C27H30FN3O.C3H8/c28-22-2-1-3-25-23(16-22)24(17-29-25)19-7-11-30(12-8-19)10-6-18-14-20-4-5-26(32)31-13-9-21(15-18)27(20)31;1-3-2/h1-2,14-17,19,29H,3-13H2;3H2,1-2H3. The Morgan fingerprint density at radius 2 is 1.80 bits per heavy atom. The fraction of sp³-hybridized carbons (Fsp3) is 0.500. The molecule has 1 fully saturated rings. The zero-order valence-electron chi connectivity index (χ0n) is 21.2. The van der Waals surface area contributed by atoms with Gasteiger partial charge in [-0.2, -0.15) is 0 Å². The van der Waals surface area contributed by atoms with Gasteiger partial charge in [-0.3, -0.25) is 4.79 Å². The van der Waals surface area contributed by atoms with E-state index < -0.39 is 0 Å². The van der Waals surface area contributed by atoms with E-state index in [1.165, 1.54) is 34.4 Å². The second-order valence-corrected chi connectivity index (χ2v) is 10.4. The van der Waals surface area contributed by atoms with Gasteiger partial charge in [-0.15, -0.1) is 0 Å². The van der Waals surface area contributed by atoms with Crippen LogP contribution in [0.15, 0.2) is 36.3 Å². The Morgan fingerprint density at radius 1 is 1.06 bits per heavy atom. The number of allylic oxidation sites excluding steroid dienone is 3. The van der Waals surface area contributed by atoms with Crippen molar-refractivity contribution in [2.75, 3.05) is 31.1 Å². The van der Waals surface area contributed by atoms with Crippen molar-refractivity contribution in [2.45, 2.75) is 71.1 Å². The number of halogens is 1. The Bertz CT molecular complexity index is 1140. The Balaban J connectivity index is 0.000000806. The molecule has 4 heterocycles. The smallest absolute Gasteiger partial charge is 0.227 e. The number of H-pyrrole nitrogens is 1. The lowest BCUT2D eigenvalue weighted by Gasteiger charge is -2.32. The minimum atomic E-state index is -0.150. The van der Waals surface area contributed by atoms with Gasteiger partial charge >= 0.3 is 0 Å². The molecule has 0 atom stereocenters. The third-order valence-electron chi connectivity index (χ3n) is 7.77. The number of aromatic amines is 1. The van der Waals surface area contributed by atoms with Crippen LogP contribution >= 0.6 is 0 Å². The predicted octanol–water partition coefficient (Wildman–Crippen LogP) is 6.11. The van der Waals surface area contributed by atoms with Crippen LogP contribution in [0.5, 0.6) is 0 Å². The van der Waals surface area contributed by atoms with E-state index in [0.29, 0.717) is 18.2 Å². The van der Waals surface area contributed by atoms with Gasteiger partial charge in [-0.25, -0.2) is 4.39 Å². The molecular formula is C30H38FN3O. The van der Waals surface area contributed by atoms with Crippen LogP contribution < -0.4 is 4.90 Å². The maximum Gasteiger partial charge on any atom is 0.227 e. The van der Waals surface area contributed by atoms with E-state index in [4.69, 9.17) is 0 Å². The van der Waals surface area contributed by atoms with Crippen molar-refractivity contribution in [3.8, 4) is 0 Å². The monoisotopic (exact) mass is 475 g/mol. The Hall–Kier alpha value is -2.66. The number of rotatable bonds is 4. The van der Waals surface area contributed by atoms with Gasteiger partial charge in [0.25, 0.3) is 0 Å². The summed E-state index contributed by atoms with van der Waals surface area (Å²) in [6.45, 7) is 8.37. The highest BCUT2D eigenvalue weighted by molar-refractivity contribution is 5.98. The van der Waals surface area contributed by atoms with Crippen LogP contribution in [0, 0.1) is 0 Å². The number of anilines is 1. The molecule has 1 saturated heterocycles. The van der Waals surface area contributed by atoms with E-state index >= 15 is 0 Å². The first-order valence-corrected chi connectivity index (χ1v) is 13.5. The second-order valence-electron chi connectivity index (χ2n) is 10.4. The normalized spacial score (nSPS) is 19.6. The number of fused-ring (bicyclic) bond motifs is 1. The zero-order chi connectivity index (χ0) is 24.4. The SMILES string of the molecule is CCC.O=C1CCc2cc(CCN3CCC(c4c[nH]c5c4C=C(F)C=CC5)CC3)cc3c2N1CC3. The van der Waals surface area contributed by atoms with Crippen LogP contribution in [0.3, 0.4) is 0 Å². The van der Waals surface area contributed by atoms with Gasteiger partial charge in [0.2, 0.25) is 5.91 Å². The van der Waals surface area contributed by atoms with Crippen molar-refractivity contribution >= 4 is 17.7 Å². The largest absolute Gasteiger partial charge is 0.364 e. The predicted molar refractivity (Wildman–Crippen MR) is 142 cm³/mol. The maximum absolute atomic E-state index is 14.0. The summed E-state index contributed by atoms with van der Waals surface area (Å²) in [6.07, 6.45) is 15.2. The quantitative estimate of drug-likeness (QED) is 0.579. The molecule has 0 radical (unpaired) electrons. The van der Waals surface area contributed by atoms with Crippen LogP contribution in [0.4, 0.5) is 10.1 Å². The number of benzene rings is 1. The van der Waals surface area contributed by atoms with E-state index in [1.54, 1.807) is 12.2 Å². The number of carbonyl (C=O) groups is 1. The molecule has 4 aliphatic rings. The minimum absolute atomic E-state index is 0.150. The molecule has 2 aromatic rings. The molecule has 0 bridgehead atoms. The van der Waals surface area contributed by atoms with Crippen molar-refractivity contribution in [2.24, 2.45) is 0 Å². The van der Waals surface area contributed by atoms with Gasteiger partial charge in [-0.1, -0.05) is 38.5 Å². The Kier molecular flexibility index (Phi) is 7.24. The first-order chi connectivity index (χ1) is 17.1. The summed E-state index contributed by atoms with van der Waals surface area (Å²) >= 11 is 0. The number of aryl methyl sites for hydroxylation is 1. The highest BCUT2D eigenvalue weighted by Crippen LogP contribution is 2.38. The van der Waals surface area contributed by atoms with E-state index in [-0.39, 0.29) is 5.83 Å². The highest BCUT2D eigenvalue weighted by Gasteiger charge is 2.31. The maximum atomic E-state index is 14.0. The van der Waals surface area contributed by atoms with E-state index in [9.17, 15) is 9.18 Å². The number of likely N-dealkylation sites (tertiary alicyclic amines) is 1. The molecule has 0 spiro atoms. The number of hydrogen-bond donors (Lipinski definition) is 1. The number of piperidine rings is 1. The van der Waals surface area contributed by atoms with E-state index in [2.05, 4.69) is 42.1 Å². The topological polar surface area (TPSA) is 39.3 Å². The molecule has 0 saturated carbocycles. The van der Waals surface area contributed by atoms with Crippen LogP contribution in [-0.2, 0) is 30.5 Å². The second kappa shape index (κ2) is 10.5. The van der Waals surface area contributed by atoms with Gasteiger partial charge in [0.1, 0.15) is 5.83 Å². The number of carbonyl (C=O) groups excluding carboxylic acids is 1. The molecule has 35 heavy (non-hydrogen) atoms. The third kappa shape index (κ3) is 5.02. The summed E-state index contributed by atoms with van der Waals surface area (Å²) in [5, 5.41) is 0. The summed E-state index contributed by atoms with van der Waals surface area (Å²) in [6, 6.07) is 4.69. The summed E-state index contributed by atoms with van der Waals surface area (Å²) < 4.78 is 14.0. The number of nitrogens with one attached hydrogen (secondary N) is 1. The molecule has 3 aliphatic heterocycles. The van der Waals surface area contributed by atoms with Gasteiger partial charge < -0.3 is 14.8 Å². The summed E-state index contributed by atoms with van der Waals surface area (Å²) in [5.41, 5.74) is 8.87. The average molecular weight is 476 g/mol. The molecule has 186 valence electrons. The summed E-state index contributed by atoms with van der Waals surface area (Å²) in [5.74, 6) is 0.643. The molecule has 1 amide bonds. The van der Waals surface area contributed by atoms with E-state index in [1.807, 2.05) is 11.0 Å². The van der Waals surface area contributed by atoms with E-state index in [0.717, 1.165) is 76.0 Å². The fourth-order valence-electron chi connectivity index (χ4n) is 6.08. The molecular weight excluding hydrogens is 437 g/mol. The van der Waals surface area contributed by atoms with Crippen molar-refractivity contribution in [1.29, 1.82) is 0 Å². The molecule has 1 aromatic carbocycles. The fourth-order valence-corrected chi connectivity index (χ4v) is 6.08. The van der Waals surface area contributed by atoms with Crippen LogP contribution in [0.1, 0.15) is 79.0 Å². The Morgan fingerprint density at radius 3 is 2.57 bits per heavy atom. The molecule has 5 heteroatoms. The number of nitrogens with zero attached hydrogens (tertiary/aromatic N) is 2. The lowest BCUT2D eigenvalue weighted by atomic mass is 9.87. The minimum Gasteiger partial charge on any atom is -0.364 e. The van der Waals surface area contributed by atoms with Crippen LogP contribution in [-0.4, -0.2) is 42.0 Å². The van der Waals surface area contributed by atoms with Crippen molar-refractivity contribution in [1.82, 2.24) is 9.88 Å². The van der Waals surface area contributed by atoms with Crippen molar-refractivity contribution in [3.63, 3.8) is 0 Å². The van der Waals surface area contributed by atoms with Crippen molar-refractivity contribution in [3.05, 3.63) is 69.8 Å². The summed E-state index contributed by atoms with van der Waals surface area (Å²) in [4.78, 5) is 20.1.